The molecular formula is C11H16N4OS. The van der Waals surface area contributed by atoms with Crippen molar-refractivity contribution >= 4 is 17.2 Å². The van der Waals surface area contributed by atoms with E-state index in [-0.39, 0.29) is 0 Å². The first-order valence-electron chi connectivity index (χ1n) is 5.63. The van der Waals surface area contributed by atoms with Gasteiger partial charge in [-0.2, -0.15) is 11.3 Å². The molecule has 2 N–H and O–H groups in total. The van der Waals surface area contributed by atoms with E-state index < -0.39 is 6.10 Å². The van der Waals surface area contributed by atoms with Crippen molar-refractivity contribution in [3.8, 4) is 0 Å². The van der Waals surface area contributed by atoms with E-state index in [9.17, 15) is 5.11 Å². The highest BCUT2D eigenvalue weighted by Gasteiger charge is 2.09. The van der Waals surface area contributed by atoms with Crippen LogP contribution in [0.1, 0.15) is 25.0 Å². The number of hydrogen-bond donors (Lipinski definition) is 2. The molecule has 1 atom stereocenters. The standard InChI is InChI=1S/C11H16N4OS/c1-2-4-15-11(7-13-14-15)12-6-10(16)9-3-5-17-8-9/h3,5,7-8,10,12,16H,2,4,6H2,1H3. The molecular weight excluding hydrogens is 236 g/mol. The molecule has 0 fully saturated rings. The van der Waals surface area contributed by atoms with Gasteiger partial charge in [0.05, 0.1) is 12.3 Å². The van der Waals surface area contributed by atoms with Gasteiger partial charge in [-0.3, -0.25) is 0 Å². The van der Waals surface area contributed by atoms with Gasteiger partial charge in [0.25, 0.3) is 0 Å². The number of aryl methyl sites for hydroxylation is 1. The number of aromatic nitrogens is 3. The van der Waals surface area contributed by atoms with Crippen molar-refractivity contribution in [2.24, 2.45) is 0 Å². The Morgan fingerprint density at radius 3 is 3.18 bits per heavy atom. The molecule has 0 aliphatic heterocycles. The number of hydrogen-bond acceptors (Lipinski definition) is 5. The van der Waals surface area contributed by atoms with E-state index in [1.807, 2.05) is 16.8 Å². The lowest BCUT2D eigenvalue weighted by atomic mass is 10.2. The predicted molar refractivity (Wildman–Crippen MR) is 68.1 cm³/mol. The van der Waals surface area contributed by atoms with E-state index >= 15 is 0 Å². The van der Waals surface area contributed by atoms with Crippen LogP contribution in [0.5, 0.6) is 0 Å². The lowest BCUT2D eigenvalue weighted by Gasteiger charge is -2.11. The second-order valence-electron chi connectivity index (χ2n) is 3.80. The van der Waals surface area contributed by atoms with E-state index in [0.717, 1.165) is 24.3 Å². The molecule has 1 unspecified atom stereocenters. The highest BCUT2D eigenvalue weighted by Crippen LogP contribution is 2.16. The van der Waals surface area contributed by atoms with Crippen LogP contribution in [-0.2, 0) is 6.54 Å². The molecule has 0 radical (unpaired) electrons. The van der Waals surface area contributed by atoms with Crippen LogP contribution < -0.4 is 5.32 Å². The minimum absolute atomic E-state index is 0.466. The summed E-state index contributed by atoms with van der Waals surface area (Å²) in [5.74, 6) is 0.848. The van der Waals surface area contributed by atoms with E-state index in [2.05, 4.69) is 22.6 Å². The normalized spacial score (nSPS) is 12.6. The number of aliphatic hydroxyl groups is 1. The van der Waals surface area contributed by atoms with Crippen LogP contribution in [0.3, 0.4) is 0 Å². The Morgan fingerprint density at radius 1 is 1.59 bits per heavy atom. The van der Waals surface area contributed by atoms with Crippen LogP contribution in [0.15, 0.2) is 23.0 Å². The minimum Gasteiger partial charge on any atom is -0.387 e. The van der Waals surface area contributed by atoms with Gasteiger partial charge in [0.15, 0.2) is 0 Å². The predicted octanol–water partition coefficient (Wildman–Crippen LogP) is 1.90. The molecule has 17 heavy (non-hydrogen) atoms. The van der Waals surface area contributed by atoms with Gasteiger partial charge in [-0.15, -0.1) is 5.10 Å². The van der Waals surface area contributed by atoms with Crippen LogP contribution >= 0.6 is 11.3 Å². The average molecular weight is 252 g/mol. The van der Waals surface area contributed by atoms with Crippen LogP contribution in [0.4, 0.5) is 5.82 Å². The van der Waals surface area contributed by atoms with Crippen LogP contribution in [-0.4, -0.2) is 26.6 Å². The number of anilines is 1. The Balaban J connectivity index is 1.91. The van der Waals surface area contributed by atoms with Crippen molar-refractivity contribution in [2.75, 3.05) is 11.9 Å². The SMILES string of the molecule is CCCn1nncc1NCC(O)c1ccsc1. The first-order valence-corrected chi connectivity index (χ1v) is 6.58. The average Bonchev–Trinajstić information content (AvgIpc) is 2.97. The smallest absolute Gasteiger partial charge is 0.144 e. The molecule has 0 aromatic carbocycles. The molecule has 2 aromatic heterocycles. The summed E-state index contributed by atoms with van der Waals surface area (Å²) in [4.78, 5) is 0. The summed E-state index contributed by atoms with van der Waals surface area (Å²) in [6.07, 6.45) is 2.19. The van der Waals surface area contributed by atoms with Gasteiger partial charge in [0.2, 0.25) is 0 Å². The zero-order valence-electron chi connectivity index (χ0n) is 9.71. The number of nitrogens with zero attached hydrogens (tertiary/aromatic N) is 3. The monoisotopic (exact) mass is 252 g/mol. The number of rotatable bonds is 6. The highest BCUT2D eigenvalue weighted by molar-refractivity contribution is 7.07. The molecule has 0 aliphatic rings. The zero-order chi connectivity index (χ0) is 12.1. The summed E-state index contributed by atoms with van der Waals surface area (Å²) < 4.78 is 1.81. The topological polar surface area (TPSA) is 63.0 Å². The molecule has 0 amide bonds. The van der Waals surface area contributed by atoms with Gasteiger partial charge in [-0.1, -0.05) is 12.1 Å². The Hall–Kier alpha value is -1.40. The molecule has 6 heteroatoms. The Morgan fingerprint density at radius 2 is 2.47 bits per heavy atom. The summed E-state index contributed by atoms with van der Waals surface area (Å²) in [5, 5.41) is 24.8. The van der Waals surface area contributed by atoms with Crippen LogP contribution in [0, 0.1) is 0 Å². The van der Waals surface area contributed by atoms with E-state index in [0.29, 0.717) is 6.54 Å². The third-order valence-corrected chi connectivity index (χ3v) is 3.16. The van der Waals surface area contributed by atoms with E-state index in [4.69, 9.17) is 0 Å². The summed E-state index contributed by atoms with van der Waals surface area (Å²) in [6.45, 7) is 3.39. The Kier molecular flexibility index (Phi) is 4.11. The Labute approximate surface area is 104 Å². The molecule has 0 aliphatic carbocycles. The second-order valence-corrected chi connectivity index (χ2v) is 4.58. The highest BCUT2D eigenvalue weighted by atomic mass is 32.1. The van der Waals surface area contributed by atoms with Crippen molar-refractivity contribution in [3.63, 3.8) is 0 Å². The van der Waals surface area contributed by atoms with E-state index in [1.165, 1.54) is 0 Å². The lowest BCUT2D eigenvalue weighted by Crippen LogP contribution is -2.14. The summed E-state index contributed by atoms with van der Waals surface area (Å²) in [5.41, 5.74) is 0.942. The quantitative estimate of drug-likeness (QED) is 0.824. The molecule has 0 saturated heterocycles. The molecule has 5 nitrogen and oxygen atoms in total. The molecule has 2 heterocycles. The maximum atomic E-state index is 9.92. The first kappa shape index (κ1) is 12.1. The van der Waals surface area contributed by atoms with Gasteiger partial charge < -0.3 is 10.4 Å². The summed E-state index contributed by atoms with van der Waals surface area (Å²) in [6, 6.07) is 1.93. The molecule has 0 bridgehead atoms. The third kappa shape index (κ3) is 3.04. The Bertz CT molecular complexity index is 440. The summed E-state index contributed by atoms with van der Waals surface area (Å²) >= 11 is 1.58. The van der Waals surface area contributed by atoms with Crippen molar-refractivity contribution in [2.45, 2.75) is 26.0 Å². The van der Waals surface area contributed by atoms with Crippen LogP contribution in [0.2, 0.25) is 0 Å². The molecule has 2 aromatic rings. The van der Waals surface area contributed by atoms with Crippen molar-refractivity contribution < 1.29 is 5.11 Å². The minimum atomic E-state index is -0.494. The van der Waals surface area contributed by atoms with Gasteiger partial charge >= 0.3 is 0 Å². The van der Waals surface area contributed by atoms with Crippen molar-refractivity contribution in [1.82, 2.24) is 15.0 Å². The fraction of sp³-hybridized carbons (Fsp3) is 0.455. The third-order valence-electron chi connectivity index (χ3n) is 2.46. The van der Waals surface area contributed by atoms with Gasteiger partial charge in [-0.05, 0) is 28.8 Å². The largest absolute Gasteiger partial charge is 0.387 e. The molecule has 0 saturated carbocycles. The zero-order valence-corrected chi connectivity index (χ0v) is 10.5. The molecule has 92 valence electrons. The number of nitrogens with one attached hydrogen (secondary N) is 1. The van der Waals surface area contributed by atoms with Gasteiger partial charge in [0, 0.05) is 13.1 Å². The van der Waals surface area contributed by atoms with Crippen molar-refractivity contribution in [1.29, 1.82) is 0 Å². The van der Waals surface area contributed by atoms with Gasteiger partial charge in [-0.25, -0.2) is 4.68 Å². The number of thiophene rings is 1. The van der Waals surface area contributed by atoms with E-state index in [1.54, 1.807) is 22.2 Å². The maximum absolute atomic E-state index is 9.92. The van der Waals surface area contributed by atoms with Crippen LogP contribution in [0.25, 0.3) is 0 Å². The molecule has 0 spiro atoms. The maximum Gasteiger partial charge on any atom is 0.144 e. The summed E-state index contributed by atoms with van der Waals surface area (Å²) in [7, 11) is 0. The number of aliphatic hydroxyl groups excluding tert-OH is 1. The van der Waals surface area contributed by atoms with Crippen molar-refractivity contribution in [3.05, 3.63) is 28.6 Å². The fourth-order valence-electron chi connectivity index (χ4n) is 1.56. The lowest BCUT2D eigenvalue weighted by molar-refractivity contribution is 0.192. The fourth-order valence-corrected chi connectivity index (χ4v) is 2.26. The second kappa shape index (κ2) is 5.79. The molecule has 2 rings (SSSR count). The first-order chi connectivity index (χ1) is 8.31. The van der Waals surface area contributed by atoms with Gasteiger partial charge in [0.1, 0.15) is 5.82 Å².